The van der Waals surface area contributed by atoms with Gasteiger partial charge in [-0.05, 0) is 38.7 Å². The minimum atomic E-state index is 0.0249. The summed E-state index contributed by atoms with van der Waals surface area (Å²) in [7, 11) is 4.04. The molecule has 1 aromatic rings. The molecule has 0 fully saturated rings. The van der Waals surface area contributed by atoms with Crippen LogP contribution in [0.3, 0.4) is 0 Å². The van der Waals surface area contributed by atoms with Crippen LogP contribution in [0.2, 0.25) is 5.02 Å². The maximum Gasteiger partial charge on any atom is 0.224 e. The number of amides is 1. The molecule has 0 atom stereocenters. The van der Waals surface area contributed by atoms with Gasteiger partial charge in [-0.2, -0.15) is 0 Å². The summed E-state index contributed by atoms with van der Waals surface area (Å²) in [5.41, 5.74) is 0.874. The van der Waals surface area contributed by atoms with Crippen LogP contribution in [0.4, 0.5) is 0 Å². The highest BCUT2D eigenvalue weighted by atomic mass is 35.5. The first-order chi connectivity index (χ1) is 8.09. The molecule has 17 heavy (non-hydrogen) atoms. The number of carbonyl (C=O) groups excluding carboxylic acids is 1. The Morgan fingerprint density at radius 1 is 1.35 bits per heavy atom. The average Bonchev–Trinajstić information content (AvgIpc) is 2.27. The molecule has 94 valence electrons. The molecule has 0 radical (unpaired) electrons. The highest BCUT2D eigenvalue weighted by Gasteiger charge is 2.05. The van der Waals surface area contributed by atoms with E-state index in [1.165, 1.54) is 0 Å². The smallest absolute Gasteiger partial charge is 0.224 e. The fourth-order valence-corrected chi connectivity index (χ4v) is 1.70. The predicted octanol–water partition coefficient (Wildman–Crippen LogP) is 1.95. The maximum absolute atomic E-state index is 11.6. The minimum Gasteiger partial charge on any atom is -0.356 e. The normalized spacial score (nSPS) is 10.6. The van der Waals surface area contributed by atoms with Crippen LogP contribution in [0.15, 0.2) is 24.3 Å². The Balaban J connectivity index is 2.28. The van der Waals surface area contributed by atoms with E-state index in [1.54, 1.807) is 6.07 Å². The number of halogens is 1. The molecule has 0 unspecified atom stereocenters. The highest BCUT2D eigenvalue weighted by molar-refractivity contribution is 6.31. The lowest BCUT2D eigenvalue weighted by molar-refractivity contribution is -0.120. The molecule has 1 amide bonds. The van der Waals surface area contributed by atoms with E-state index in [9.17, 15) is 4.79 Å². The van der Waals surface area contributed by atoms with Crippen LogP contribution in [-0.2, 0) is 11.2 Å². The quantitative estimate of drug-likeness (QED) is 0.787. The van der Waals surface area contributed by atoms with Gasteiger partial charge in [-0.3, -0.25) is 4.79 Å². The first-order valence-electron chi connectivity index (χ1n) is 5.74. The third kappa shape index (κ3) is 5.71. The molecule has 0 aliphatic heterocycles. The summed E-state index contributed by atoms with van der Waals surface area (Å²) in [6, 6.07) is 7.43. The molecule has 0 aliphatic carbocycles. The van der Waals surface area contributed by atoms with Gasteiger partial charge in [0, 0.05) is 11.6 Å². The largest absolute Gasteiger partial charge is 0.356 e. The molecule has 3 nitrogen and oxygen atoms in total. The molecular weight excluding hydrogens is 236 g/mol. The molecule has 4 heteroatoms. The van der Waals surface area contributed by atoms with Crippen LogP contribution in [0.5, 0.6) is 0 Å². The molecule has 0 aromatic heterocycles. The first kappa shape index (κ1) is 14.0. The van der Waals surface area contributed by atoms with Gasteiger partial charge in [0.1, 0.15) is 0 Å². The lowest BCUT2D eigenvalue weighted by Gasteiger charge is -2.10. The SMILES string of the molecule is CN(C)CCCNC(=O)Cc1ccccc1Cl. The van der Waals surface area contributed by atoms with Crippen molar-refractivity contribution >= 4 is 17.5 Å². The maximum atomic E-state index is 11.6. The highest BCUT2D eigenvalue weighted by Crippen LogP contribution is 2.15. The van der Waals surface area contributed by atoms with Crippen LogP contribution >= 0.6 is 11.6 Å². The van der Waals surface area contributed by atoms with E-state index in [1.807, 2.05) is 32.3 Å². The predicted molar refractivity (Wildman–Crippen MR) is 71.3 cm³/mol. The second-order valence-corrected chi connectivity index (χ2v) is 4.68. The second-order valence-electron chi connectivity index (χ2n) is 4.27. The van der Waals surface area contributed by atoms with Gasteiger partial charge < -0.3 is 10.2 Å². The molecule has 0 bridgehead atoms. The number of rotatable bonds is 6. The van der Waals surface area contributed by atoms with E-state index in [0.717, 1.165) is 18.5 Å². The molecule has 0 saturated heterocycles. The second kappa shape index (κ2) is 7.30. The summed E-state index contributed by atoms with van der Waals surface area (Å²) >= 11 is 5.98. The Labute approximate surface area is 108 Å². The van der Waals surface area contributed by atoms with Gasteiger partial charge in [-0.1, -0.05) is 29.8 Å². The summed E-state index contributed by atoms with van der Waals surface area (Å²) in [6.45, 7) is 1.69. The summed E-state index contributed by atoms with van der Waals surface area (Å²) in [6.07, 6.45) is 1.31. The lowest BCUT2D eigenvalue weighted by Crippen LogP contribution is -2.28. The van der Waals surface area contributed by atoms with Crippen LogP contribution in [0, 0.1) is 0 Å². The van der Waals surface area contributed by atoms with Crippen molar-refractivity contribution in [1.29, 1.82) is 0 Å². The summed E-state index contributed by atoms with van der Waals surface area (Å²) in [5, 5.41) is 3.54. The van der Waals surface area contributed by atoms with Gasteiger partial charge in [0.25, 0.3) is 0 Å². The van der Waals surface area contributed by atoms with Gasteiger partial charge in [0.2, 0.25) is 5.91 Å². The number of hydrogen-bond acceptors (Lipinski definition) is 2. The number of benzene rings is 1. The van der Waals surface area contributed by atoms with Crippen molar-refractivity contribution in [3.8, 4) is 0 Å². The van der Waals surface area contributed by atoms with Crippen LogP contribution in [0.25, 0.3) is 0 Å². The van der Waals surface area contributed by atoms with Crippen molar-refractivity contribution in [3.63, 3.8) is 0 Å². The van der Waals surface area contributed by atoms with Crippen molar-refractivity contribution < 1.29 is 4.79 Å². The standard InChI is InChI=1S/C13H19ClN2O/c1-16(2)9-5-8-15-13(17)10-11-6-3-4-7-12(11)14/h3-4,6-7H,5,8-10H2,1-2H3,(H,15,17). The van der Waals surface area contributed by atoms with Crippen molar-refractivity contribution in [2.75, 3.05) is 27.2 Å². The zero-order chi connectivity index (χ0) is 12.7. The van der Waals surface area contributed by atoms with Crippen LogP contribution < -0.4 is 5.32 Å². The van der Waals surface area contributed by atoms with Gasteiger partial charge in [0.15, 0.2) is 0 Å². The zero-order valence-electron chi connectivity index (χ0n) is 10.4. The third-order valence-electron chi connectivity index (χ3n) is 2.41. The fourth-order valence-electron chi connectivity index (χ4n) is 1.50. The van der Waals surface area contributed by atoms with E-state index in [4.69, 9.17) is 11.6 Å². The Kier molecular flexibility index (Phi) is 6.01. The van der Waals surface area contributed by atoms with E-state index in [0.29, 0.717) is 18.0 Å². The molecule has 1 aromatic carbocycles. The Morgan fingerprint density at radius 2 is 2.06 bits per heavy atom. The van der Waals surface area contributed by atoms with Crippen molar-refractivity contribution in [2.45, 2.75) is 12.8 Å². The lowest BCUT2D eigenvalue weighted by atomic mass is 10.1. The topological polar surface area (TPSA) is 32.3 Å². The number of hydrogen-bond donors (Lipinski definition) is 1. The van der Waals surface area contributed by atoms with Gasteiger partial charge in [-0.15, -0.1) is 0 Å². The minimum absolute atomic E-state index is 0.0249. The Morgan fingerprint density at radius 3 is 2.71 bits per heavy atom. The van der Waals surface area contributed by atoms with Crippen LogP contribution in [-0.4, -0.2) is 38.0 Å². The van der Waals surface area contributed by atoms with Gasteiger partial charge in [-0.25, -0.2) is 0 Å². The number of nitrogens with one attached hydrogen (secondary N) is 1. The van der Waals surface area contributed by atoms with E-state index in [2.05, 4.69) is 10.2 Å². The number of nitrogens with zero attached hydrogens (tertiary/aromatic N) is 1. The van der Waals surface area contributed by atoms with Crippen molar-refractivity contribution in [3.05, 3.63) is 34.9 Å². The summed E-state index contributed by atoms with van der Waals surface area (Å²) in [4.78, 5) is 13.7. The fraction of sp³-hybridized carbons (Fsp3) is 0.462. The molecule has 1 rings (SSSR count). The van der Waals surface area contributed by atoms with E-state index >= 15 is 0 Å². The van der Waals surface area contributed by atoms with Crippen molar-refractivity contribution in [1.82, 2.24) is 10.2 Å². The Bertz CT molecular complexity index is 366. The molecule has 0 spiro atoms. The number of carbonyl (C=O) groups is 1. The molecule has 1 N–H and O–H groups in total. The van der Waals surface area contributed by atoms with Crippen LogP contribution in [0.1, 0.15) is 12.0 Å². The zero-order valence-corrected chi connectivity index (χ0v) is 11.1. The van der Waals surface area contributed by atoms with Gasteiger partial charge in [0.05, 0.1) is 6.42 Å². The first-order valence-corrected chi connectivity index (χ1v) is 6.12. The average molecular weight is 255 g/mol. The molecule has 0 aliphatic rings. The molecule has 0 heterocycles. The van der Waals surface area contributed by atoms with E-state index < -0.39 is 0 Å². The van der Waals surface area contributed by atoms with Gasteiger partial charge >= 0.3 is 0 Å². The monoisotopic (exact) mass is 254 g/mol. The summed E-state index contributed by atoms with van der Waals surface area (Å²) < 4.78 is 0. The van der Waals surface area contributed by atoms with Crippen molar-refractivity contribution in [2.24, 2.45) is 0 Å². The van der Waals surface area contributed by atoms with E-state index in [-0.39, 0.29) is 5.91 Å². The Hall–Kier alpha value is -1.06. The molecular formula is C13H19ClN2O. The summed E-state index contributed by atoms with van der Waals surface area (Å²) in [5.74, 6) is 0.0249. The molecule has 0 saturated carbocycles. The third-order valence-corrected chi connectivity index (χ3v) is 2.78.